The van der Waals surface area contributed by atoms with Gasteiger partial charge in [-0.25, -0.2) is 4.79 Å². The number of hydrogen-bond donors (Lipinski definition) is 0. The molecular formula is C17H13N5O5. The smallest absolute Gasteiger partial charge is 0.330 e. The second-order valence-corrected chi connectivity index (χ2v) is 5.40. The summed E-state index contributed by atoms with van der Waals surface area (Å²) in [4.78, 5) is 34.9. The van der Waals surface area contributed by atoms with Gasteiger partial charge in [-0.3, -0.25) is 14.9 Å². The lowest BCUT2D eigenvalue weighted by atomic mass is 10.1. The summed E-state index contributed by atoms with van der Waals surface area (Å²) in [7, 11) is 0. The van der Waals surface area contributed by atoms with Gasteiger partial charge in [-0.15, -0.1) is 10.2 Å². The lowest BCUT2D eigenvalue weighted by molar-refractivity contribution is -0.384. The number of Topliss-reactive ketones (excluding diaryl/α,β-unsaturated/α-hetero) is 1. The van der Waals surface area contributed by atoms with Crippen molar-refractivity contribution in [1.29, 1.82) is 0 Å². The zero-order valence-electron chi connectivity index (χ0n) is 13.9. The summed E-state index contributed by atoms with van der Waals surface area (Å²) in [6.07, 6.45) is 0. The van der Waals surface area contributed by atoms with Crippen LogP contribution in [-0.4, -0.2) is 43.5 Å². The fourth-order valence-electron chi connectivity index (χ4n) is 2.17. The first-order chi connectivity index (χ1) is 13.0. The van der Waals surface area contributed by atoms with Crippen molar-refractivity contribution in [2.24, 2.45) is 0 Å². The summed E-state index contributed by atoms with van der Waals surface area (Å²) < 4.78 is 4.90. The molecule has 0 spiro atoms. The van der Waals surface area contributed by atoms with Crippen LogP contribution in [0.4, 0.5) is 5.69 Å². The molecule has 0 radical (unpaired) electrons. The molecule has 0 atom stereocenters. The standard InChI is InChI=1S/C17H13N5O5/c23-15(12-6-8-14(9-7-12)22(25)26)11-27-16(24)10-21-19-17(18-20-21)13-4-2-1-3-5-13/h1-9H,10-11H2. The molecular weight excluding hydrogens is 354 g/mol. The number of benzene rings is 2. The van der Waals surface area contributed by atoms with Gasteiger partial charge in [0.05, 0.1) is 4.92 Å². The van der Waals surface area contributed by atoms with Gasteiger partial charge in [0, 0.05) is 23.3 Å². The van der Waals surface area contributed by atoms with Crippen molar-refractivity contribution in [2.75, 3.05) is 6.61 Å². The van der Waals surface area contributed by atoms with Crippen molar-refractivity contribution in [2.45, 2.75) is 6.54 Å². The molecule has 1 heterocycles. The number of tetrazole rings is 1. The van der Waals surface area contributed by atoms with E-state index in [-0.39, 0.29) is 17.8 Å². The van der Waals surface area contributed by atoms with E-state index in [9.17, 15) is 19.7 Å². The van der Waals surface area contributed by atoms with Crippen molar-refractivity contribution in [3.8, 4) is 11.4 Å². The molecule has 10 heteroatoms. The fourth-order valence-corrected chi connectivity index (χ4v) is 2.17. The number of nitro benzene ring substituents is 1. The van der Waals surface area contributed by atoms with E-state index in [0.717, 1.165) is 10.4 Å². The summed E-state index contributed by atoms with van der Waals surface area (Å²) in [6, 6.07) is 14.2. The van der Waals surface area contributed by atoms with E-state index in [4.69, 9.17) is 4.74 Å². The number of ketones is 1. The minimum absolute atomic E-state index is 0.130. The van der Waals surface area contributed by atoms with Crippen molar-refractivity contribution in [3.05, 3.63) is 70.3 Å². The van der Waals surface area contributed by atoms with Crippen LogP contribution in [0.25, 0.3) is 11.4 Å². The van der Waals surface area contributed by atoms with Crippen LogP contribution in [0.2, 0.25) is 0 Å². The Morgan fingerprint density at radius 1 is 1.07 bits per heavy atom. The molecule has 0 saturated heterocycles. The first kappa shape index (κ1) is 17.9. The highest BCUT2D eigenvalue weighted by Gasteiger charge is 2.14. The van der Waals surface area contributed by atoms with Gasteiger partial charge in [-0.2, -0.15) is 4.80 Å². The first-order valence-electron chi connectivity index (χ1n) is 7.79. The van der Waals surface area contributed by atoms with Crippen LogP contribution in [-0.2, 0) is 16.1 Å². The zero-order valence-corrected chi connectivity index (χ0v) is 13.9. The minimum Gasteiger partial charge on any atom is -0.456 e. The number of nitro groups is 1. The van der Waals surface area contributed by atoms with Gasteiger partial charge in [0.25, 0.3) is 5.69 Å². The van der Waals surface area contributed by atoms with Crippen LogP contribution < -0.4 is 0 Å². The summed E-state index contributed by atoms with van der Waals surface area (Å²) >= 11 is 0. The second-order valence-electron chi connectivity index (χ2n) is 5.40. The number of carbonyl (C=O) groups excluding carboxylic acids is 2. The number of esters is 1. The van der Waals surface area contributed by atoms with Gasteiger partial charge in [0.2, 0.25) is 5.82 Å². The highest BCUT2D eigenvalue weighted by atomic mass is 16.6. The summed E-state index contributed by atoms with van der Waals surface area (Å²) in [5.74, 6) is -0.817. The van der Waals surface area contributed by atoms with Crippen molar-refractivity contribution >= 4 is 17.4 Å². The van der Waals surface area contributed by atoms with Crippen LogP contribution in [0, 0.1) is 10.1 Å². The molecule has 0 aliphatic rings. The summed E-state index contributed by atoms with van der Waals surface area (Å²) in [5.41, 5.74) is 0.833. The molecule has 0 bridgehead atoms. The maximum absolute atomic E-state index is 12.0. The lowest BCUT2D eigenvalue weighted by Gasteiger charge is -2.03. The number of nitrogens with zero attached hydrogens (tertiary/aromatic N) is 5. The summed E-state index contributed by atoms with van der Waals surface area (Å²) in [6.45, 7) is -0.787. The second kappa shape index (κ2) is 7.95. The SMILES string of the molecule is O=C(Cn1nnc(-c2ccccc2)n1)OCC(=O)c1ccc([N+](=O)[O-])cc1. The maximum Gasteiger partial charge on any atom is 0.330 e. The molecule has 27 heavy (non-hydrogen) atoms. The van der Waals surface area contributed by atoms with Crippen molar-refractivity contribution < 1.29 is 19.2 Å². The van der Waals surface area contributed by atoms with Crippen LogP contribution in [0.5, 0.6) is 0 Å². The van der Waals surface area contributed by atoms with Crippen molar-refractivity contribution in [1.82, 2.24) is 20.2 Å². The highest BCUT2D eigenvalue weighted by molar-refractivity contribution is 5.98. The highest BCUT2D eigenvalue weighted by Crippen LogP contribution is 2.13. The summed E-state index contributed by atoms with van der Waals surface area (Å²) in [5, 5.41) is 22.3. The van der Waals surface area contributed by atoms with Crippen LogP contribution in [0.15, 0.2) is 54.6 Å². The Kier molecular flexibility index (Phi) is 5.26. The molecule has 0 aliphatic heterocycles. The van der Waals surface area contributed by atoms with Crippen LogP contribution in [0.3, 0.4) is 0 Å². The zero-order chi connectivity index (χ0) is 19.2. The fraction of sp³-hybridized carbons (Fsp3) is 0.118. The number of aromatic nitrogens is 4. The van der Waals surface area contributed by atoms with Crippen LogP contribution >= 0.6 is 0 Å². The number of rotatable bonds is 7. The van der Waals surface area contributed by atoms with Gasteiger partial charge >= 0.3 is 5.97 Å². The Morgan fingerprint density at radius 3 is 2.44 bits per heavy atom. The number of hydrogen-bond acceptors (Lipinski definition) is 8. The topological polar surface area (TPSA) is 130 Å². The van der Waals surface area contributed by atoms with Gasteiger partial charge in [0.15, 0.2) is 18.9 Å². The molecule has 0 fully saturated rings. The normalized spacial score (nSPS) is 10.4. The molecule has 136 valence electrons. The van der Waals surface area contributed by atoms with E-state index in [2.05, 4.69) is 15.4 Å². The number of non-ortho nitro benzene ring substituents is 1. The molecule has 2 aromatic carbocycles. The van der Waals surface area contributed by atoms with E-state index >= 15 is 0 Å². The van der Waals surface area contributed by atoms with Gasteiger partial charge in [-0.1, -0.05) is 30.3 Å². The third-order valence-electron chi connectivity index (χ3n) is 3.52. The minimum atomic E-state index is -0.706. The number of carbonyl (C=O) groups is 2. The Hall–Kier alpha value is -3.95. The third kappa shape index (κ3) is 4.57. The van der Waals surface area contributed by atoms with E-state index in [1.165, 1.54) is 24.3 Å². The molecule has 10 nitrogen and oxygen atoms in total. The van der Waals surface area contributed by atoms with E-state index < -0.39 is 23.3 Å². The molecule has 0 amide bonds. The van der Waals surface area contributed by atoms with Crippen molar-refractivity contribution in [3.63, 3.8) is 0 Å². The Bertz CT molecular complexity index is 969. The Balaban J connectivity index is 1.53. The van der Waals surface area contributed by atoms with Gasteiger partial charge in [0.1, 0.15) is 0 Å². The molecule has 3 aromatic rings. The molecule has 0 saturated carbocycles. The first-order valence-corrected chi connectivity index (χ1v) is 7.79. The lowest BCUT2D eigenvalue weighted by Crippen LogP contribution is -2.19. The number of ether oxygens (including phenoxy) is 1. The Labute approximate surface area is 152 Å². The predicted molar refractivity (Wildman–Crippen MR) is 91.6 cm³/mol. The monoisotopic (exact) mass is 367 g/mol. The molecule has 3 rings (SSSR count). The largest absolute Gasteiger partial charge is 0.456 e. The average molecular weight is 367 g/mol. The van der Waals surface area contributed by atoms with Crippen LogP contribution in [0.1, 0.15) is 10.4 Å². The quantitative estimate of drug-likeness (QED) is 0.267. The van der Waals surface area contributed by atoms with E-state index in [1.54, 1.807) is 0 Å². The predicted octanol–water partition coefficient (Wildman–Crippen LogP) is 1.67. The molecule has 0 N–H and O–H groups in total. The molecule has 0 aliphatic carbocycles. The Morgan fingerprint density at radius 2 is 1.78 bits per heavy atom. The van der Waals surface area contributed by atoms with E-state index in [1.807, 2.05) is 30.3 Å². The van der Waals surface area contributed by atoms with E-state index in [0.29, 0.717) is 5.82 Å². The average Bonchev–Trinajstić information content (AvgIpc) is 3.15. The van der Waals surface area contributed by atoms with Gasteiger partial charge < -0.3 is 4.74 Å². The van der Waals surface area contributed by atoms with Gasteiger partial charge in [-0.05, 0) is 17.3 Å². The maximum atomic E-state index is 12.0. The molecule has 0 unspecified atom stereocenters. The third-order valence-corrected chi connectivity index (χ3v) is 3.52. The molecule has 1 aromatic heterocycles.